The lowest BCUT2D eigenvalue weighted by Crippen LogP contribution is -2.07. The van der Waals surface area contributed by atoms with Gasteiger partial charge in [-0.2, -0.15) is 14.8 Å². The van der Waals surface area contributed by atoms with Crippen molar-refractivity contribution in [3.8, 4) is 17.3 Å². The minimum atomic E-state index is 0.441. The van der Waals surface area contributed by atoms with Crippen LogP contribution in [0.5, 0.6) is 11.5 Å². The number of aromatic nitrogens is 5. The number of ether oxygens (including phenoxy) is 2. The zero-order chi connectivity index (χ0) is 22.7. The van der Waals surface area contributed by atoms with Gasteiger partial charge in [-0.05, 0) is 51.1 Å². The van der Waals surface area contributed by atoms with Crippen LogP contribution in [0.4, 0.5) is 23.3 Å². The van der Waals surface area contributed by atoms with Crippen LogP contribution in [0.25, 0.3) is 5.82 Å². The summed E-state index contributed by atoms with van der Waals surface area (Å²) in [5, 5.41) is 11.2. The summed E-state index contributed by atoms with van der Waals surface area (Å²) in [6.07, 6.45) is 1.69. The molecular weight excluding hydrogens is 406 g/mol. The molecule has 0 unspecified atom stereocenters. The Morgan fingerprint density at radius 1 is 0.875 bits per heavy atom. The summed E-state index contributed by atoms with van der Waals surface area (Å²) in [6.45, 7) is 5.94. The van der Waals surface area contributed by atoms with Crippen molar-refractivity contribution >= 4 is 23.3 Å². The van der Waals surface area contributed by atoms with Crippen molar-refractivity contribution in [1.82, 2.24) is 24.7 Å². The molecule has 0 spiro atoms. The van der Waals surface area contributed by atoms with E-state index < -0.39 is 0 Å². The van der Waals surface area contributed by atoms with Crippen LogP contribution in [-0.2, 0) is 0 Å². The molecule has 0 bridgehead atoms. The highest BCUT2D eigenvalue weighted by atomic mass is 16.5. The van der Waals surface area contributed by atoms with Gasteiger partial charge >= 0.3 is 0 Å². The third-order valence-corrected chi connectivity index (χ3v) is 4.99. The Morgan fingerprint density at radius 3 is 2.44 bits per heavy atom. The average molecular weight is 432 g/mol. The maximum absolute atomic E-state index is 5.36. The minimum Gasteiger partial charge on any atom is -0.493 e. The van der Waals surface area contributed by atoms with Crippen LogP contribution in [0.2, 0.25) is 0 Å². The SMILES string of the molecule is COc1ccc(Nc2nccc(Nc3c(C)c(C)nn3-c3cccc(C)n3)n2)cc1OC. The first-order chi connectivity index (χ1) is 15.5. The second-order valence-electron chi connectivity index (χ2n) is 7.19. The summed E-state index contributed by atoms with van der Waals surface area (Å²) in [7, 11) is 3.20. The van der Waals surface area contributed by atoms with E-state index in [1.54, 1.807) is 31.2 Å². The largest absolute Gasteiger partial charge is 0.493 e. The van der Waals surface area contributed by atoms with E-state index in [1.807, 2.05) is 57.2 Å². The zero-order valence-corrected chi connectivity index (χ0v) is 18.7. The Balaban J connectivity index is 1.62. The van der Waals surface area contributed by atoms with Crippen LogP contribution in [0.15, 0.2) is 48.7 Å². The van der Waals surface area contributed by atoms with E-state index in [4.69, 9.17) is 9.47 Å². The Morgan fingerprint density at radius 2 is 1.69 bits per heavy atom. The van der Waals surface area contributed by atoms with Crippen LogP contribution < -0.4 is 20.1 Å². The Bertz CT molecular complexity index is 1250. The average Bonchev–Trinajstić information content (AvgIpc) is 3.07. The molecule has 0 atom stereocenters. The molecule has 0 amide bonds. The normalized spacial score (nSPS) is 10.7. The van der Waals surface area contributed by atoms with E-state index in [2.05, 4.69) is 30.7 Å². The van der Waals surface area contributed by atoms with Crippen molar-refractivity contribution in [2.24, 2.45) is 0 Å². The van der Waals surface area contributed by atoms with Crippen LogP contribution in [0.3, 0.4) is 0 Å². The summed E-state index contributed by atoms with van der Waals surface area (Å²) < 4.78 is 12.4. The third-order valence-electron chi connectivity index (χ3n) is 4.99. The molecule has 9 nitrogen and oxygen atoms in total. The van der Waals surface area contributed by atoms with Gasteiger partial charge in [0, 0.05) is 29.2 Å². The molecule has 2 N–H and O–H groups in total. The van der Waals surface area contributed by atoms with Crippen molar-refractivity contribution in [1.29, 1.82) is 0 Å². The zero-order valence-electron chi connectivity index (χ0n) is 18.7. The van der Waals surface area contributed by atoms with E-state index in [0.29, 0.717) is 23.3 Å². The third kappa shape index (κ3) is 4.31. The summed E-state index contributed by atoms with van der Waals surface area (Å²) in [5.41, 5.74) is 3.62. The number of pyridine rings is 1. The van der Waals surface area contributed by atoms with Gasteiger partial charge in [0.15, 0.2) is 17.3 Å². The van der Waals surface area contributed by atoms with E-state index in [-0.39, 0.29) is 0 Å². The van der Waals surface area contributed by atoms with E-state index in [0.717, 1.165) is 34.3 Å². The van der Waals surface area contributed by atoms with Crippen LogP contribution in [0.1, 0.15) is 17.0 Å². The van der Waals surface area contributed by atoms with Gasteiger partial charge in [-0.3, -0.25) is 0 Å². The van der Waals surface area contributed by atoms with Gasteiger partial charge in [0.25, 0.3) is 0 Å². The lowest BCUT2D eigenvalue weighted by atomic mass is 10.2. The second-order valence-corrected chi connectivity index (χ2v) is 7.19. The molecule has 0 saturated heterocycles. The summed E-state index contributed by atoms with van der Waals surface area (Å²) in [6, 6.07) is 13.2. The lowest BCUT2D eigenvalue weighted by molar-refractivity contribution is 0.355. The number of aryl methyl sites for hydroxylation is 2. The van der Waals surface area contributed by atoms with Crippen molar-refractivity contribution in [2.45, 2.75) is 20.8 Å². The number of hydrogen-bond donors (Lipinski definition) is 2. The molecular formula is C23H25N7O2. The molecule has 3 heterocycles. The number of benzene rings is 1. The monoisotopic (exact) mass is 431 g/mol. The fraction of sp³-hybridized carbons (Fsp3) is 0.217. The predicted octanol–water partition coefficient (Wildman–Crippen LogP) is 4.49. The fourth-order valence-corrected chi connectivity index (χ4v) is 3.22. The molecule has 0 aliphatic rings. The molecule has 4 aromatic rings. The van der Waals surface area contributed by atoms with Gasteiger partial charge in [0.1, 0.15) is 11.6 Å². The van der Waals surface area contributed by atoms with Gasteiger partial charge < -0.3 is 20.1 Å². The summed E-state index contributed by atoms with van der Waals surface area (Å²) >= 11 is 0. The maximum atomic E-state index is 5.36. The second kappa shape index (κ2) is 8.93. The maximum Gasteiger partial charge on any atom is 0.229 e. The van der Waals surface area contributed by atoms with Gasteiger partial charge in [-0.15, -0.1) is 0 Å². The first-order valence-corrected chi connectivity index (χ1v) is 10.1. The topological polar surface area (TPSA) is 99.0 Å². The van der Waals surface area contributed by atoms with E-state index in [9.17, 15) is 0 Å². The number of methoxy groups -OCH3 is 2. The smallest absolute Gasteiger partial charge is 0.229 e. The minimum absolute atomic E-state index is 0.441. The first kappa shape index (κ1) is 21.1. The molecule has 0 radical (unpaired) electrons. The molecule has 32 heavy (non-hydrogen) atoms. The van der Waals surface area contributed by atoms with Gasteiger partial charge in [-0.25, -0.2) is 9.97 Å². The van der Waals surface area contributed by atoms with Gasteiger partial charge in [0.05, 0.1) is 19.9 Å². The predicted molar refractivity (Wildman–Crippen MR) is 124 cm³/mol. The number of nitrogens with one attached hydrogen (secondary N) is 2. The summed E-state index contributed by atoms with van der Waals surface area (Å²) in [4.78, 5) is 13.5. The molecule has 4 rings (SSSR count). The van der Waals surface area contributed by atoms with E-state index in [1.165, 1.54) is 0 Å². The Hall–Kier alpha value is -4.14. The number of nitrogens with zero attached hydrogens (tertiary/aromatic N) is 5. The quantitative estimate of drug-likeness (QED) is 0.442. The number of anilines is 4. The van der Waals surface area contributed by atoms with E-state index >= 15 is 0 Å². The molecule has 1 aromatic carbocycles. The van der Waals surface area contributed by atoms with Crippen LogP contribution in [0, 0.1) is 20.8 Å². The van der Waals surface area contributed by atoms with Crippen LogP contribution in [-0.4, -0.2) is 39.0 Å². The van der Waals surface area contributed by atoms with Crippen molar-refractivity contribution in [3.05, 3.63) is 65.6 Å². The fourth-order valence-electron chi connectivity index (χ4n) is 3.22. The number of rotatable bonds is 7. The summed E-state index contributed by atoms with van der Waals surface area (Å²) in [5.74, 6) is 3.87. The molecule has 9 heteroatoms. The Labute approximate surface area is 186 Å². The molecule has 164 valence electrons. The molecule has 0 fully saturated rings. The van der Waals surface area contributed by atoms with Gasteiger partial charge in [0.2, 0.25) is 5.95 Å². The highest BCUT2D eigenvalue weighted by Crippen LogP contribution is 2.31. The highest BCUT2D eigenvalue weighted by molar-refractivity contribution is 5.63. The Kier molecular flexibility index (Phi) is 5.89. The van der Waals surface area contributed by atoms with Crippen molar-refractivity contribution < 1.29 is 9.47 Å². The van der Waals surface area contributed by atoms with Crippen molar-refractivity contribution in [2.75, 3.05) is 24.9 Å². The van der Waals surface area contributed by atoms with Gasteiger partial charge in [-0.1, -0.05) is 6.07 Å². The molecule has 0 saturated carbocycles. The molecule has 0 aliphatic carbocycles. The van der Waals surface area contributed by atoms with Crippen LogP contribution >= 0.6 is 0 Å². The first-order valence-electron chi connectivity index (χ1n) is 10.1. The lowest BCUT2D eigenvalue weighted by Gasteiger charge is -2.12. The standard InChI is InChI=1S/C23H25N7O2/c1-14-7-6-8-21(25-14)30-22(15(2)16(3)29-30)27-20-11-12-24-23(28-20)26-17-9-10-18(31-4)19(13-17)32-5/h6-13H,1-5H3,(H2,24,26,27,28). The highest BCUT2D eigenvalue weighted by Gasteiger charge is 2.15. The van der Waals surface area contributed by atoms with Crippen molar-refractivity contribution in [3.63, 3.8) is 0 Å². The molecule has 3 aromatic heterocycles. The molecule has 0 aliphatic heterocycles. The number of hydrogen-bond acceptors (Lipinski definition) is 8.